The van der Waals surface area contributed by atoms with Gasteiger partial charge in [-0.05, 0) is 36.2 Å². The van der Waals surface area contributed by atoms with Gasteiger partial charge in [-0.15, -0.1) is 0 Å². The van der Waals surface area contributed by atoms with Crippen molar-refractivity contribution in [2.45, 2.75) is 12.5 Å². The van der Waals surface area contributed by atoms with Gasteiger partial charge in [0, 0.05) is 36.9 Å². The zero-order chi connectivity index (χ0) is 20.1. The number of nitrogens with one attached hydrogen (secondary N) is 1. The Labute approximate surface area is 169 Å². The number of carboxylic acids is 1. The molecule has 0 aromatic heterocycles. The number of nitrogens with zero attached hydrogens (tertiary/aromatic N) is 2. The molecule has 0 bridgehead atoms. The molecule has 2 N–H and O–H groups in total. The zero-order valence-corrected chi connectivity index (χ0v) is 16.7. The van der Waals surface area contributed by atoms with Gasteiger partial charge in [-0.1, -0.05) is 41.9 Å². The van der Waals surface area contributed by atoms with Crippen molar-refractivity contribution in [3.8, 4) is 0 Å². The van der Waals surface area contributed by atoms with Gasteiger partial charge in [0.2, 0.25) is 0 Å². The quantitative estimate of drug-likeness (QED) is 0.710. The average molecular weight is 424 g/mol. The highest BCUT2D eigenvalue weighted by Crippen LogP contribution is 2.20. The predicted octanol–water partition coefficient (Wildman–Crippen LogP) is 1.99. The molecule has 1 atom stereocenters. The van der Waals surface area contributed by atoms with E-state index in [1.54, 1.807) is 36.4 Å². The van der Waals surface area contributed by atoms with Crippen LogP contribution in [0, 0.1) is 0 Å². The Morgan fingerprint density at radius 3 is 2.21 bits per heavy atom. The summed E-state index contributed by atoms with van der Waals surface area (Å²) in [5.41, 5.74) is 1.73. The zero-order valence-electron chi connectivity index (χ0n) is 15.2. The van der Waals surface area contributed by atoms with E-state index in [1.165, 1.54) is 4.31 Å². The van der Waals surface area contributed by atoms with Crippen LogP contribution in [0.3, 0.4) is 0 Å². The summed E-state index contributed by atoms with van der Waals surface area (Å²) in [5.74, 6) is -1.20. The van der Waals surface area contributed by atoms with Gasteiger partial charge in [0.15, 0.2) is 0 Å². The highest BCUT2D eigenvalue weighted by molar-refractivity contribution is 7.87. The Morgan fingerprint density at radius 1 is 1.04 bits per heavy atom. The second-order valence-corrected chi connectivity index (χ2v) is 8.70. The van der Waals surface area contributed by atoms with Crippen molar-refractivity contribution in [2.75, 3.05) is 31.1 Å². The van der Waals surface area contributed by atoms with Gasteiger partial charge >= 0.3 is 5.97 Å². The minimum atomic E-state index is -3.91. The Bertz CT molecular complexity index is 899. The molecule has 0 amide bonds. The summed E-state index contributed by atoms with van der Waals surface area (Å²) >= 11 is 5.90. The maximum absolute atomic E-state index is 12.7. The van der Waals surface area contributed by atoms with Crippen LogP contribution in [0.15, 0.2) is 54.6 Å². The minimum Gasteiger partial charge on any atom is -0.480 e. The first-order chi connectivity index (χ1) is 13.3. The van der Waals surface area contributed by atoms with Crippen LogP contribution in [0.5, 0.6) is 0 Å². The standard InChI is InChI=1S/C19H22ClN3O4S/c20-16-6-8-17(9-7-16)22-10-12-23(13-11-22)28(26,27)21-18(19(24)25)14-15-4-2-1-3-5-15/h1-9,18,21H,10-14H2,(H,24,25). The van der Waals surface area contributed by atoms with Crippen molar-refractivity contribution in [3.63, 3.8) is 0 Å². The molecule has 28 heavy (non-hydrogen) atoms. The molecule has 0 saturated carbocycles. The van der Waals surface area contributed by atoms with Crippen LogP contribution in [-0.4, -0.2) is 56.0 Å². The highest BCUT2D eigenvalue weighted by Gasteiger charge is 2.31. The van der Waals surface area contributed by atoms with Gasteiger partial charge in [0.25, 0.3) is 10.2 Å². The molecule has 0 radical (unpaired) electrons. The summed E-state index contributed by atoms with van der Waals surface area (Å²) in [4.78, 5) is 13.6. The molecule has 2 aromatic carbocycles. The van der Waals surface area contributed by atoms with E-state index in [2.05, 4.69) is 9.62 Å². The van der Waals surface area contributed by atoms with Crippen LogP contribution >= 0.6 is 11.6 Å². The van der Waals surface area contributed by atoms with E-state index < -0.39 is 22.2 Å². The van der Waals surface area contributed by atoms with Crippen LogP contribution in [0.4, 0.5) is 5.69 Å². The first kappa shape index (κ1) is 20.6. The van der Waals surface area contributed by atoms with Gasteiger partial charge in [-0.2, -0.15) is 17.4 Å². The molecule has 1 saturated heterocycles. The molecule has 1 fully saturated rings. The van der Waals surface area contributed by atoms with E-state index in [0.717, 1.165) is 11.3 Å². The van der Waals surface area contributed by atoms with Gasteiger partial charge in [0.05, 0.1) is 0 Å². The van der Waals surface area contributed by atoms with E-state index in [1.807, 2.05) is 18.2 Å². The molecular formula is C19H22ClN3O4S. The van der Waals surface area contributed by atoms with E-state index >= 15 is 0 Å². The topological polar surface area (TPSA) is 89.9 Å². The van der Waals surface area contributed by atoms with Gasteiger partial charge < -0.3 is 10.0 Å². The maximum Gasteiger partial charge on any atom is 0.322 e. The molecule has 1 aliphatic heterocycles. The van der Waals surface area contributed by atoms with Crippen LogP contribution in [0.2, 0.25) is 5.02 Å². The fourth-order valence-corrected chi connectivity index (χ4v) is 4.58. The number of hydrogen-bond acceptors (Lipinski definition) is 4. The highest BCUT2D eigenvalue weighted by atomic mass is 35.5. The Balaban J connectivity index is 1.62. The maximum atomic E-state index is 12.7. The summed E-state index contributed by atoms with van der Waals surface area (Å²) in [6, 6.07) is 15.1. The molecule has 1 unspecified atom stereocenters. The van der Waals surface area contributed by atoms with Crippen LogP contribution in [-0.2, 0) is 21.4 Å². The number of carbonyl (C=O) groups is 1. The monoisotopic (exact) mass is 423 g/mol. The molecule has 0 spiro atoms. The normalized spacial score (nSPS) is 16.7. The number of piperazine rings is 1. The second kappa shape index (κ2) is 8.91. The van der Waals surface area contributed by atoms with E-state index in [9.17, 15) is 18.3 Å². The number of aliphatic carboxylic acids is 1. The molecule has 1 aliphatic rings. The van der Waals surface area contributed by atoms with E-state index in [4.69, 9.17) is 11.6 Å². The average Bonchev–Trinajstić information content (AvgIpc) is 2.69. The van der Waals surface area contributed by atoms with Crippen LogP contribution in [0.25, 0.3) is 0 Å². The summed E-state index contributed by atoms with van der Waals surface area (Å²) in [7, 11) is -3.91. The summed E-state index contributed by atoms with van der Waals surface area (Å²) in [6.45, 7) is 1.57. The third-order valence-corrected chi connectivity index (χ3v) is 6.52. The second-order valence-electron chi connectivity index (χ2n) is 6.57. The number of rotatable bonds is 7. The largest absolute Gasteiger partial charge is 0.480 e. The first-order valence-corrected chi connectivity index (χ1v) is 10.7. The SMILES string of the molecule is O=C(O)C(Cc1ccccc1)NS(=O)(=O)N1CCN(c2ccc(Cl)cc2)CC1. The molecule has 1 heterocycles. The fourth-order valence-electron chi connectivity index (χ4n) is 3.12. The molecule has 7 nitrogen and oxygen atoms in total. The minimum absolute atomic E-state index is 0.0835. The summed E-state index contributed by atoms with van der Waals surface area (Å²) < 4.78 is 29.0. The molecular weight excluding hydrogens is 402 g/mol. The van der Waals surface area contributed by atoms with Gasteiger partial charge in [-0.3, -0.25) is 4.79 Å². The number of halogens is 1. The number of hydrogen-bond donors (Lipinski definition) is 2. The van der Waals surface area contributed by atoms with Crippen LogP contribution in [0.1, 0.15) is 5.56 Å². The lowest BCUT2D eigenvalue weighted by molar-refractivity contribution is -0.138. The Kier molecular flexibility index (Phi) is 6.56. The predicted molar refractivity (Wildman–Crippen MR) is 109 cm³/mol. The fraction of sp³-hybridized carbons (Fsp3) is 0.316. The lowest BCUT2D eigenvalue weighted by atomic mass is 10.1. The van der Waals surface area contributed by atoms with Crippen molar-refractivity contribution in [1.29, 1.82) is 0 Å². The van der Waals surface area contributed by atoms with E-state index in [0.29, 0.717) is 18.1 Å². The molecule has 9 heteroatoms. The van der Waals surface area contributed by atoms with E-state index in [-0.39, 0.29) is 19.5 Å². The smallest absolute Gasteiger partial charge is 0.322 e. The number of carboxylic acid groups (broad SMARTS) is 1. The third kappa shape index (κ3) is 5.23. The molecule has 3 rings (SSSR count). The van der Waals surface area contributed by atoms with Crippen molar-refractivity contribution in [1.82, 2.24) is 9.03 Å². The molecule has 2 aromatic rings. The Morgan fingerprint density at radius 2 is 1.64 bits per heavy atom. The van der Waals surface area contributed by atoms with Crippen molar-refractivity contribution in [2.24, 2.45) is 0 Å². The van der Waals surface area contributed by atoms with Crippen molar-refractivity contribution in [3.05, 3.63) is 65.2 Å². The van der Waals surface area contributed by atoms with Gasteiger partial charge in [-0.25, -0.2) is 0 Å². The van der Waals surface area contributed by atoms with Crippen LogP contribution < -0.4 is 9.62 Å². The van der Waals surface area contributed by atoms with Crippen molar-refractivity contribution < 1.29 is 18.3 Å². The number of benzene rings is 2. The lowest BCUT2D eigenvalue weighted by Gasteiger charge is -2.35. The lowest BCUT2D eigenvalue weighted by Crippen LogP contribution is -2.55. The molecule has 0 aliphatic carbocycles. The first-order valence-electron chi connectivity index (χ1n) is 8.90. The third-order valence-electron chi connectivity index (χ3n) is 4.64. The van der Waals surface area contributed by atoms with Gasteiger partial charge in [0.1, 0.15) is 6.04 Å². The Hall–Kier alpha value is -2.13. The number of anilines is 1. The summed E-state index contributed by atoms with van der Waals surface area (Å²) in [5, 5.41) is 10.1. The summed E-state index contributed by atoms with van der Waals surface area (Å²) in [6.07, 6.45) is 0.0835. The molecule has 150 valence electrons. The van der Waals surface area contributed by atoms with Crippen molar-refractivity contribution >= 4 is 33.5 Å².